The Balaban J connectivity index is 3.29. The van der Waals surface area contributed by atoms with Crippen LogP contribution in [-0.4, -0.2) is 12.6 Å². The van der Waals surface area contributed by atoms with Gasteiger partial charge in [-0.3, -0.25) is 0 Å². The standard InChI is InChI=1S/C12H12ClNO2/c1-3-16-12(15)10-5-9(7-14)4-8(2)11(10)6-13/h4-5H,3,6H2,1-2H3. The number of carbonyl (C=O) groups is 1. The highest BCUT2D eigenvalue weighted by Gasteiger charge is 2.15. The van der Waals surface area contributed by atoms with Gasteiger partial charge in [0.15, 0.2) is 0 Å². The Labute approximate surface area is 99.6 Å². The van der Waals surface area contributed by atoms with E-state index in [1.807, 2.05) is 13.0 Å². The van der Waals surface area contributed by atoms with Crippen LogP contribution < -0.4 is 0 Å². The molecule has 0 atom stereocenters. The lowest BCUT2D eigenvalue weighted by atomic mass is 10.00. The summed E-state index contributed by atoms with van der Waals surface area (Å²) in [4.78, 5) is 11.7. The van der Waals surface area contributed by atoms with Crippen LogP contribution in [0.2, 0.25) is 0 Å². The molecule has 1 rings (SSSR count). The van der Waals surface area contributed by atoms with Crippen LogP contribution in [0.25, 0.3) is 0 Å². The van der Waals surface area contributed by atoms with Gasteiger partial charge in [-0.25, -0.2) is 4.79 Å². The highest BCUT2D eigenvalue weighted by molar-refractivity contribution is 6.17. The fourth-order valence-electron chi connectivity index (χ4n) is 1.45. The zero-order valence-corrected chi connectivity index (χ0v) is 9.97. The van der Waals surface area contributed by atoms with E-state index < -0.39 is 5.97 Å². The lowest BCUT2D eigenvalue weighted by Crippen LogP contribution is -2.09. The average molecular weight is 238 g/mol. The molecule has 0 aliphatic heterocycles. The third-order valence-electron chi connectivity index (χ3n) is 2.23. The third kappa shape index (κ3) is 2.53. The highest BCUT2D eigenvalue weighted by Crippen LogP contribution is 2.20. The minimum atomic E-state index is -0.432. The van der Waals surface area contributed by atoms with Gasteiger partial charge in [0.1, 0.15) is 0 Å². The first-order valence-corrected chi connectivity index (χ1v) is 5.44. The van der Waals surface area contributed by atoms with Gasteiger partial charge in [0, 0.05) is 5.88 Å². The van der Waals surface area contributed by atoms with E-state index in [4.69, 9.17) is 21.6 Å². The summed E-state index contributed by atoms with van der Waals surface area (Å²) in [6, 6.07) is 5.23. The molecule has 0 aromatic heterocycles. The van der Waals surface area contributed by atoms with Crippen LogP contribution in [0.15, 0.2) is 12.1 Å². The number of ether oxygens (including phenoxy) is 1. The molecule has 1 aromatic rings. The number of nitriles is 1. The number of halogens is 1. The molecule has 0 unspecified atom stereocenters. The molecule has 0 amide bonds. The van der Waals surface area contributed by atoms with Crippen LogP contribution in [0.5, 0.6) is 0 Å². The molecule has 0 spiro atoms. The summed E-state index contributed by atoms with van der Waals surface area (Å²) in [5.74, 6) is -0.204. The molecule has 16 heavy (non-hydrogen) atoms. The first kappa shape index (κ1) is 12.5. The molecule has 0 aliphatic rings. The molecular weight excluding hydrogens is 226 g/mol. The van der Waals surface area contributed by atoms with Crippen molar-refractivity contribution in [2.75, 3.05) is 6.61 Å². The van der Waals surface area contributed by atoms with E-state index in [1.165, 1.54) is 6.07 Å². The maximum Gasteiger partial charge on any atom is 0.338 e. The van der Waals surface area contributed by atoms with Crippen LogP contribution in [0.3, 0.4) is 0 Å². The van der Waals surface area contributed by atoms with Crippen molar-refractivity contribution >= 4 is 17.6 Å². The van der Waals surface area contributed by atoms with Gasteiger partial charge in [0.05, 0.1) is 23.8 Å². The normalized spacial score (nSPS) is 9.62. The number of aryl methyl sites for hydroxylation is 1. The molecule has 0 saturated carbocycles. The smallest absolute Gasteiger partial charge is 0.338 e. The zero-order valence-electron chi connectivity index (χ0n) is 9.21. The highest BCUT2D eigenvalue weighted by atomic mass is 35.5. The van der Waals surface area contributed by atoms with Gasteiger partial charge in [-0.1, -0.05) is 0 Å². The molecule has 0 heterocycles. The van der Waals surface area contributed by atoms with E-state index in [2.05, 4.69) is 0 Å². The fourth-order valence-corrected chi connectivity index (χ4v) is 1.80. The summed E-state index contributed by atoms with van der Waals surface area (Å²) in [7, 11) is 0. The van der Waals surface area contributed by atoms with Crippen LogP contribution >= 0.6 is 11.6 Å². The second kappa shape index (κ2) is 5.53. The van der Waals surface area contributed by atoms with E-state index in [1.54, 1.807) is 13.0 Å². The molecule has 0 aliphatic carbocycles. The van der Waals surface area contributed by atoms with Crippen molar-refractivity contribution in [1.82, 2.24) is 0 Å². The Morgan fingerprint density at radius 1 is 1.56 bits per heavy atom. The second-order valence-electron chi connectivity index (χ2n) is 3.29. The van der Waals surface area contributed by atoms with E-state index in [0.29, 0.717) is 17.7 Å². The van der Waals surface area contributed by atoms with Crippen LogP contribution in [-0.2, 0) is 10.6 Å². The first-order chi connectivity index (χ1) is 7.63. The van der Waals surface area contributed by atoms with Gasteiger partial charge in [-0.05, 0) is 37.1 Å². The molecule has 0 bridgehead atoms. The monoisotopic (exact) mass is 237 g/mol. The number of esters is 1. The molecular formula is C12H12ClNO2. The summed E-state index contributed by atoms with van der Waals surface area (Å²) in [5.41, 5.74) is 2.37. The summed E-state index contributed by atoms with van der Waals surface area (Å²) in [5, 5.41) is 8.83. The second-order valence-corrected chi connectivity index (χ2v) is 3.55. The molecule has 0 fully saturated rings. The number of hydrogen-bond donors (Lipinski definition) is 0. The molecule has 3 nitrogen and oxygen atoms in total. The summed E-state index contributed by atoms with van der Waals surface area (Å²) >= 11 is 5.79. The molecule has 1 aromatic carbocycles. The van der Waals surface area contributed by atoms with Crippen molar-refractivity contribution in [3.8, 4) is 6.07 Å². The summed E-state index contributed by atoms with van der Waals surface area (Å²) in [6.45, 7) is 3.86. The first-order valence-electron chi connectivity index (χ1n) is 4.90. The number of carbonyl (C=O) groups excluding carboxylic acids is 1. The van der Waals surface area contributed by atoms with Crippen molar-refractivity contribution < 1.29 is 9.53 Å². The van der Waals surface area contributed by atoms with Gasteiger partial charge >= 0.3 is 5.97 Å². The predicted molar refractivity (Wildman–Crippen MR) is 61.4 cm³/mol. The number of rotatable bonds is 3. The Kier molecular flexibility index (Phi) is 4.33. The SMILES string of the molecule is CCOC(=O)c1cc(C#N)cc(C)c1CCl. The molecule has 0 N–H and O–H groups in total. The Morgan fingerprint density at radius 2 is 2.25 bits per heavy atom. The Bertz CT molecular complexity index is 449. The van der Waals surface area contributed by atoms with Crippen molar-refractivity contribution in [2.45, 2.75) is 19.7 Å². The van der Waals surface area contributed by atoms with Crippen molar-refractivity contribution in [2.24, 2.45) is 0 Å². The van der Waals surface area contributed by atoms with Crippen LogP contribution in [0, 0.1) is 18.3 Å². The van der Waals surface area contributed by atoms with Crippen molar-refractivity contribution in [1.29, 1.82) is 5.26 Å². The zero-order chi connectivity index (χ0) is 12.1. The average Bonchev–Trinajstić information content (AvgIpc) is 2.28. The topological polar surface area (TPSA) is 50.1 Å². The van der Waals surface area contributed by atoms with E-state index in [0.717, 1.165) is 11.1 Å². The fraction of sp³-hybridized carbons (Fsp3) is 0.333. The molecule has 84 valence electrons. The Hall–Kier alpha value is -1.53. The minimum absolute atomic E-state index is 0.228. The third-order valence-corrected chi connectivity index (χ3v) is 2.50. The summed E-state index contributed by atoms with van der Waals surface area (Å²) in [6.07, 6.45) is 0. The largest absolute Gasteiger partial charge is 0.462 e. The van der Waals surface area contributed by atoms with Crippen LogP contribution in [0.4, 0.5) is 0 Å². The number of alkyl halides is 1. The lowest BCUT2D eigenvalue weighted by molar-refractivity contribution is 0.0525. The lowest BCUT2D eigenvalue weighted by Gasteiger charge is -2.09. The predicted octanol–water partition coefficient (Wildman–Crippen LogP) is 2.78. The minimum Gasteiger partial charge on any atom is -0.462 e. The Morgan fingerprint density at radius 3 is 2.75 bits per heavy atom. The van der Waals surface area contributed by atoms with Gasteiger partial charge < -0.3 is 4.74 Å². The van der Waals surface area contributed by atoms with Gasteiger partial charge in [-0.15, -0.1) is 11.6 Å². The van der Waals surface area contributed by atoms with E-state index in [-0.39, 0.29) is 5.88 Å². The van der Waals surface area contributed by atoms with Gasteiger partial charge in [0.2, 0.25) is 0 Å². The number of benzene rings is 1. The van der Waals surface area contributed by atoms with E-state index in [9.17, 15) is 4.79 Å². The quantitative estimate of drug-likeness (QED) is 0.600. The molecule has 0 radical (unpaired) electrons. The van der Waals surface area contributed by atoms with Crippen LogP contribution in [0.1, 0.15) is 34.0 Å². The molecule has 4 heteroatoms. The maximum atomic E-state index is 11.7. The van der Waals surface area contributed by atoms with Gasteiger partial charge in [-0.2, -0.15) is 5.26 Å². The number of nitrogens with zero attached hydrogens (tertiary/aromatic N) is 1. The van der Waals surface area contributed by atoms with Gasteiger partial charge in [0.25, 0.3) is 0 Å². The van der Waals surface area contributed by atoms with E-state index >= 15 is 0 Å². The van der Waals surface area contributed by atoms with Crippen molar-refractivity contribution in [3.63, 3.8) is 0 Å². The molecule has 0 saturated heterocycles. The maximum absolute atomic E-state index is 11.7. The summed E-state index contributed by atoms with van der Waals surface area (Å²) < 4.78 is 4.92. The number of hydrogen-bond acceptors (Lipinski definition) is 3. The van der Waals surface area contributed by atoms with Crippen molar-refractivity contribution in [3.05, 3.63) is 34.4 Å².